The number of hydrogen-bond acceptors (Lipinski definition) is 6. The van der Waals surface area contributed by atoms with Crippen molar-refractivity contribution in [3.05, 3.63) is 36.2 Å². The predicted octanol–water partition coefficient (Wildman–Crippen LogP) is 1.46. The van der Waals surface area contributed by atoms with E-state index in [9.17, 15) is 0 Å². The minimum Gasteiger partial charge on any atom is -0.356 e. The number of anilines is 2. The average Bonchev–Trinajstić information content (AvgIpc) is 3.06. The fraction of sp³-hybridized carbons (Fsp3) is 0.500. The maximum atomic E-state index is 4.60. The van der Waals surface area contributed by atoms with Crippen molar-refractivity contribution in [3.63, 3.8) is 0 Å². The number of nitrogens with zero attached hydrogens (tertiary/aromatic N) is 6. The Morgan fingerprint density at radius 3 is 2.32 bits per heavy atom. The van der Waals surface area contributed by atoms with Gasteiger partial charge in [-0.1, -0.05) is 0 Å². The first kappa shape index (κ1) is 13.4. The Labute approximate surface area is 130 Å². The fourth-order valence-corrected chi connectivity index (χ4v) is 3.68. The molecule has 22 heavy (non-hydrogen) atoms. The van der Waals surface area contributed by atoms with Crippen LogP contribution in [0.5, 0.6) is 0 Å². The van der Waals surface area contributed by atoms with Gasteiger partial charge in [0.1, 0.15) is 18.0 Å². The van der Waals surface area contributed by atoms with Gasteiger partial charge in [0, 0.05) is 56.0 Å². The number of rotatable bonds is 2. The van der Waals surface area contributed by atoms with E-state index in [2.05, 4.69) is 36.7 Å². The Balaban J connectivity index is 1.48. The first-order chi connectivity index (χ1) is 10.7. The highest BCUT2D eigenvalue weighted by Crippen LogP contribution is 2.35. The molecule has 2 saturated heterocycles. The lowest BCUT2D eigenvalue weighted by atomic mass is 10.0. The zero-order valence-electron chi connectivity index (χ0n) is 13.0. The molecule has 0 spiro atoms. The van der Waals surface area contributed by atoms with E-state index in [1.54, 1.807) is 12.5 Å². The monoisotopic (exact) mass is 296 g/mol. The van der Waals surface area contributed by atoms with Crippen LogP contribution < -0.4 is 9.80 Å². The molecule has 2 aromatic heterocycles. The second-order valence-electron chi connectivity index (χ2n) is 6.38. The molecular formula is C16H20N6. The van der Waals surface area contributed by atoms with Crippen molar-refractivity contribution >= 4 is 11.6 Å². The summed E-state index contributed by atoms with van der Waals surface area (Å²) in [6.07, 6.45) is 7.22. The van der Waals surface area contributed by atoms with Gasteiger partial charge in [0.2, 0.25) is 0 Å². The summed E-state index contributed by atoms with van der Waals surface area (Å²) in [7, 11) is 0. The molecule has 2 aliphatic heterocycles. The maximum absolute atomic E-state index is 4.60. The van der Waals surface area contributed by atoms with Crippen LogP contribution in [0.4, 0.5) is 11.6 Å². The lowest BCUT2D eigenvalue weighted by molar-refractivity contribution is 0.533. The third kappa shape index (κ3) is 2.28. The maximum Gasteiger partial charge on any atom is 0.147 e. The summed E-state index contributed by atoms with van der Waals surface area (Å²) in [5, 5.41) is 0. The molecule has 0 amide bonds. The first-order valence-electron chi connectivity index (χ1n) is 7.76. The van der Waals surface area contributed by atoms with Crippen molar-refractivity contribution in [1.29, 1.82) is 0 Å². The van der Waals surface area contributed by atoms with E-state index in [-0.39, 0.29) is 0 Å². The van der Waals surface area contributed by atoms with Crippen LogP contribution in [0.15, 0.2) is 24.9 Å². The summed E-state index contributed by atoms with van der Waals surface area (Å²) in [5.41, 5.74) is 2.14. The van der Waals surface area contributed by atoms with Gasteiger partial charge in [-0.3, -0.25) is 4.98 Å². The Kier molecular flexibility index (Phi) is 3.17. The molecular weight excluding hydrogens is 276 g/mol. The molecule has 2 fully saturated rings. The van der Waals surface area contributed by atoms with Gasteiger partial charge in [0.25, 0.3) is 0 Å². The van der Waals surface area contributed by atoms with E-state index in [1.807, 2.05) is 19.3 Å². The summed E-state index contributed by atoms with van der Waals surface area (Å²) in [5.74, 6) is 3.46. The van der Waals surface area contributed by atoms with Gasteiger partial charge in [-0.25, -0.2) is 15.0 Å². The Morgan fingerprint density at radius 1 is 0.909 bits per heavy atom. The molecule has 6 heteroatoms. The minimum absolute atomic E-state index is 0.677. The van der Waals surface area contributed by atoms with Gasteiger partial charge in [-0.15, -0.1) is 0 Å². The van der Waals surface area contributed by atoms with Crippen LogP contribution in [-0.2, 0) is 0 Å². The molecule has 4 heterocycles. The predicted molar refractivity (Wildman–Crippen MR) is 84.9 cm³/mol. The number of aryl methyl sites for hydroxylation is 2. The van der Waals surface area contributed by atoms with Gasteiger partial charge in [0.05, 0.1) is 11.9 Å². The van der Waals surface area contributed by atoms with Crippen LogP contribution in [0, 0.1) is 25.7 Å². The number of fused-ring (bicyclic) bond motifs is 1. The molecule has 2 aliphatic rings. The molecule has 0 bridgehead atoms. The molecule has 0 aliphatic carbocycles. The first-order valence-corrected chi connectivity index (χ1v) is 7.76. The molecule has 0 aromatic carbocycles. The quantitative estimate of drug-likeness (QED) is 0.836. The summed E-state index contributed by atoms with van der Waals surface area (Å²) < 4.78 is 0. The molecule has 114 valence electrons. The lowest BCUT2D eigenvalue weighted by Gasteiger charge is -2.23. The van der Waals surface area contributed by atoms with Gasteiger partial charge in [-0.05, 0) is 13.8 Å². The highest BCUT2D eigenvalue weighted by Gasteiger charge is 2.41. The summed E-state index contributed by atoms with van der Waals surface area (Å²) in [6, 6.07) is 0. The van der Waals surface area contributed by atoms with Gasteiger partial charge in [0.15, 0.2) is 0 Å². The van der Waals surface area contributed by atoms with E-state index in [4.69, 9.17) is 0 Å². The summed E-state index contributed by atoms with van der Waals surface area (Å²) in [6.45, 7) is 8.33. The van der Waals surface area contributed by atoms with Crippen LogP contribution in [0.3, 0.4) is 0 Å². The Morgan fingerprint density at radius 2 is 1.64 bits per heavy atom. The smallest absolute Gasteiger partial charge is 0.147 e. The van der Waals surface area contributed by atoms with E-state index >= 15 is 0 Å². The van der Waals surface area contributed by atoms with Crippen molar-refractivity contribution in [2.24, 2.45) is 11.8 Å². The summed E-state index contributed by atoms with van der Waals surface area (Å²) in [4.78, 5) is 22.2. The van der Waals surface area contributed by atoms with Crippen molar-refractivity contribution in [1.82, 2.24) is 19.9 Å². The third-order valence-corrected chi connectivity index (χ3v) is 4.72. The van der Waals surface area contributed by atoms with Gasteiger partial charge in [-0.2, -0.15) is 0 Å². The molecule has 2 aromatic rings. The van der Waals surface area contributed by atoms with Crippen LogP contribution in [0.25, 0.3) is 0 Å². The standard InChI is InChI=1S/C16H20N6/c1-11-3-18-10-19-16(11)22-8-13-6-21(7-14(13)9-22)15-5-17-4-12(2)20-15/h3-5,10,13-14H,6-9H2,1-2H3. The molecule has 2 atom stereocenters. The van der Waals surface area contributed by atoms with Crippen molar-refractivity contribution in [2.45, 2.75) is 13.8 Å². The average molecular weight is 296 g/mol. The summed E-state index contributed by atoms with van der Waals surface area (Å²) >= 11 is 0. The van der Waals surface area contributed by atoms with Gasteiger partial charge >= 0.3 is 0 Å². The fourth-order valence-electron chi connectivity index (χ4n) is 3.68. The van der Waals surface area contributed by atoms with E-state index < -0.39 is 0 Å². The topological polar surface area (TPSA) is 58.0 Å². The molecule has 6 nitrogen and oxygen atoms in total. The lowest BCUT2D eigenvalue weighted by Crippen LogP contribution is -2.30. The second-order valence-corrected chi connectivity index (χ2v) is 6.38. The molecule has 2 unspecified atom stereocenters. The van der Waals surface area contributed by atoms with Crippen LogP contribution in [0.1, 0.15) is 11.3 Å². The second kappa shape index (κ2) is 5.19. The normalized spacial score (nSPS) is 23.9. The van der Waals surface area contributed by atoms with Crippen LogP contribution >= 0.6 is 0 Å². The van der Waals surface area contributed by atoms with Gasteiger partial charge < -0.3 is 9.80 Å². The van der Waals surface area contributed by atoms with Crippen molar-refractivity contribution in [2.75, 3.05) is 36.0 Å². The number of aromatic nitrogens is 4. The Bertz CT molecular complexity index is 674. The van der Waals surface area contributed by atoms with Crippen molar-refractivity contribution in [3.8, 4) is 0 Å². The van der Waals surface area contributed by atoms with E-state index in [0.717, 1.165) is 49.1 Å². The van der Waals surface area contributed by atoms with E-state index in [0.29, 0.717) is 11.8 Å². The Hall–Kier alpha value is -2.24. The zero-order valence-corrected chi connectivity index (χ0v) is 13.0. The SMILES string of the molecule is Cc1cncc(N2CC3CN(c4ncncc4C)CC3C2)n1. The van der Waals surface area contributed by atoms with Crippen molar-refractivity contribution < 1.29 is 0 Å². The highest BCUT2D eigenvalue weighted by molar-refractivity contribution is 5.47. The third-order valence-electron chi connectivity index (χ3n) is 4.72. The molecule has 0 N–H and O–H groups in total. The van der Waals surface area contributed by atoms with Crippen LogP contribution in [0.2, 0.25) is 0 Å². The molecule has 0 radical (unpaired) electrons. The van der Waals surface area contributed by atoms with Crippen LogP contribution in [-0.4, -0.2) is 46.1 Å². The number of hydrogen-bond donors (Lipinski definition) is 0. The largest absolute Gasteiger partial charge is 0.356 e. The molecule has 0 saturated carbocycles. The molecule has 4 rings (SSSR count). The minimum atomic E-state index is 0.677. The highest BCUT2D eigenvalue weighted by atomic mass is 15.3. The zero-order chi connectivity index (χ0) is 15.1. The van der Waals surface area contributed by atoms with E-state index in [1.165, 1.54) is 0 Å².